The van der Waals surface area contributed by atoms with Crippen LogP contribution >= 0.6 is 11.6 Å². The third-order valence-electron chi connectivity index (χ3n) is 2.66. The zero-order valence-corrected chi connectivity index (χ0v) is 14.5. The normalized spacial score (nSPS) is 10.8. The molecule has 0 saturated carbocycles. The average molecular weight is 388 g/mol. The quantitative estimate of drug-likeness (QED) is 0.672. The van der Waals surface area contributed by atoms with E-state index in [1.807, 2.05) is 4.72 Å². The van der Waals surface area contributed by atoms with E-state index in [1.54, 1.807) is 6.07 Å². The van der Waals surface area contributed by atoms with Crippen molar-refractivity contribution in [2.24, 2.45) is 0 Å². The fourth-order valence-corrected chi connectivity index (χ4v) is 2.82. The molecular weight excluding hydrogens is 374 g/mol. The number of benzene rings is 1. The first-order valence-corrected chi connectivity index (χ1v) is 8.82. The molecule has 2 rings (SSSR count). The van der Waals surface area contributed by atoms with Gasteiger partial charge >= 0.3 is 12.0 Å². The van der Waals surface area contributed by atoms with E-state index in [9.17, 15) is 13.2 Å². The number of sulfonamides is 1. The van der Waals surface area contributed by atoms with Gasteiger partial charge in [0.05, 0.1) is 13.0 Å². The molecule has 0 aliphatic rings. The minimum Gasteiger partial charge on any atom is -0.491 e. The summed E-state index contributed by atoms with van der Waals surface area (Å²) in [7, 11) is -2.85. The van der Waals surface area contributed by atoms with Gasteiger partial charge in [-0.15, -0.1) is 11.6 Å². The minimum atomic E-state index is -4.19. The Morgan fingerprint density at radius 2 is 2.04 bits per heavy atom. The summed E-state index contributed by atoms with van der Waals surface area (Å²) in [6.07, 6.45) is 1.10. The Morgan fingerprint density at radius 1 is 1.28 bits per heavy atom. The van der Waals surface area contributed by atoms with Crippen LogP contribution < -0.4 is 19.5 Å². The lowest BCUT2D eigenvalue weighted by molar-refractivity contribution is 0.256. The molecule has 1 heterocycles. The van der Waals surface area contributed by atoms with Crippen LogP contribution in [0, 0.1) is 0 Å². The van der Waals surface area contributed by atoms with Crippen molar-refractivity contribution < 1.29 is 22.7 Å². The zero-order valence-electron chi connectivity index (χ0n) is 13.0. The maximum absolute atomic E-state index is 12.4. The van der Waals surface area contributed by atoms with Crippen molar-refractivity contribution in [2.75, 3.05) is 24.9 Å². The van der Waals surface area contributed by atoms with Crippen molar-refractivity contribution in [3.05, 3.63) is 30.6 Å². The molecule has 25 heavy (non-hydrogen) atoms. The zero-order chi connectivity index (χ0) is 18.3. The number of hydrogen-bond donors (Lipinski definition) is 2. The lowest BCUT2D eigenvalue weighted by Gasteiger charge is -2.12. The Hall–Kier alpha value is -2.66. The first-order valence-electron chi connectivity index (χ1n) is 6.81. The number of halogens is 1. The lowest BCUT2D eigenvalue weighted by Crippen LogP contribution is -2.35. The van der Waals surface area contributed by atoms with Gasteiger partial charge in [-0.3, -0.25) is 5.32 Å². The third-order valence-corrected chi connectivity index (χ3v) is 4.18. The summed E-state index contributed by atoms with van der Waals surface area (Å²) >= 11 is 5.53. The molecule has 134 valence electrons. The molecule has 0 spiro atoms. The number of anilines is 1. The Kier molecular flexibility index (Phi) is 6.31. The fourth-order valence-electron chi connectivity index (χ4n) is 1.68. The second kappa shape index (κ2) is 8.44. The molecule has 12 heteroatoms. The van der Waals surface area contributed by atoms with Gasteiger partial charge in [0.2, 0.25) is 5.95 Å². The second-order valence-corrected chi connectivity index (χ2v) is 6.37. The monoisotopic (exact) mass is 387 g/mol. The summed E-state index contributed by atoms with van der Waals surface area (Å²) in [5.41, 5.74) is 0. The topological polar surface area (TPSA) is 132 Å². The molecule has 0 fully saturated rings. The van der Waals surface area contributed by atoms with E-state index in [2.05, 4.69) is 20.3 Å². The number of carbonyl (C=O) groups excluding carboxylic acids is 1. The predicted molar refractivity (Wildman–Crippen MR) is 88.4 cm³/mol. The minimum absolute atomic E-state index is 0.0343. The van der Waals surface area contributed by atoms with Crippen LogP contribution in [0.25, 0.3) is 0 Å². The standard InChI is InChI=1S/C13H14ClN5O5S/c1-23-13-16-8-15-11(18-13)17-12(20)19-25(21,22)10-5-3-2-4-9(10)24-7-6-14/h2-5,8H,6-7H2,1H3,(H2,15,16,17,18,19,20). The summed E-state index contributed by atoms with van der Waals surface area (Å²) in [6, 6.07) is 4.76. The van der Waals surface area contributed by atoms with Gasteiger partial charge in [0.25, 0.3) is 10.0 Å². The Labute approximate surface area is 148 Å². The van der Waals surface area contributed by atoms with E-state index in [0.717, 1.165) is 6.33 Å². The first kappa shape index (κ1) is 18.7. The van der Waals surface area contributed by atoms with E-state index in [4.69, 9.17) is 21.1 Å². The fraction of sp³-hybridized carbons (Fsp3) is 0.231. The van der Waals surface area contributed by atoms with Crippen molar-refractivity contribution in [1.82, 2.24) is 19.7 Å². The van der Waals surface area contributed by atoms with Gasteiger partial charge in [-0.1, -0.05) is 12.1 Å². The van der Waals surface area contributed by atoms with Crippen molar-refractivity contribution in [3.63, 3.8) is 0 Å². The van der Waals surface area contributed by atoms with Crippen LogP contribution in [0.5, 0.6) is 11.8 Å². The van der Waals surface area contributed by atoms with E-state index in [1.165, 1.54) is 25.3 Å². The molecule has 0 radical (unpaired) electrons. The second-order valence-electron chi connectivity index (χ2n) is 4.34. The SMILES string of the molecule is COc1ncnc(NC(=O)NS(=O)(=O)c2ccccc2OCCCl)n1. The van der Waals surface area contributed by atoms with Crippen LogP contribution in [-0.2, 0) is 10.0 Å². The number of alkyl halides is 1. The molecule has 0 aliphatic carbocycles. The highest BCUT2D eigenvalue weighted by molar-refractivity contribution is 7.90. The number of urea groups is 1. The van der Waals surface area contributed by atoms with Gasteiger partial charge in [0, 0.05) is 0 Å². The molecule has 0 aliphatic heterocycles. The number of nitrogens with zero attached hydrogens (tertiary/aromatic N) is 3. The Bertz CT molecular complexity index is 848. The molecule has 2 amide bonds. The largest absolute Gasteiger partial charge is 0.491 e. The molecule has 0 saturated heterocycles. The highest BCUT2D eigenvalue weighted by atomic mass is 35.5. The van der Waals surface area contributed by atoms with Crippen LogP contribution in [-0.4, -0.2) is 49.0 Å². The number of aromatic nitrogens is 3. The van der Waals surface area contributed by atoms with Crippen molar-refractivity contribution >= 4 is 33.6 Å². The van der Waals surface area contributed by atoms with Gasteiger partial charge in [0.1, 0.15) is 23.6 Å². The number of ether oxygens (including phenoxy) is 2. The van der Waals surface area contributed by atoms with Gasteiger partial charge in [-0.05, 0) is 12.1 Å². The molecule has 1 aromatic carbocycles. The van der Waals surface area contributed by atoms with Crippen molar-refractivity contribution in [2.45, 2.75) is 4.90 Å². The summed E-state index contributed by atoms with van der Waals surface area (Å²) in [6.45, 7) is 0.116. The smallest absolute Gasteiger partial charge is 0.335 e. The van der Waals surface area contributed by atoms with Crippen LogP contribution in [0.1, 0.15) is 0 Å². The number of hydrogen-bond acceptors (Lipinski definition) is 8. The number of amides is 2. The number of methoxy groups -OCH3 is 1. The lowest BCUT2D eigenvalue weighted by atomic mass is 10.3. The molecule has 0 bridgehead atoms. The molecule has 2 aromatic rings. The van der Waals surface area contributed by atoms with Gasteiger partial charge < -0.3 is 9.47 Å². The van der Waals surface area contributed by atoms with Crippen molar-refractivity contribution in [3.8, 4) is 11.8 Å². The number of carbonyl (C=O) groups is 1. The van der Waals surface area contributed by atoms with Crippen molar-refractivity contribution in [1.29, 1.82) is 0 Å². The molecule has 10 nitrogen and oxygen atoms in total. The summed E-state index contributed by atoms with van der Waals surface area (Å²) in [5.74, 6) is 0.0836. The third kappa shape index (κ3) is 5.16. The average Bonchev–Trinajstić information content (AvgIpc) is 2.59. The Balaban J connectivity index is 2.14. The van der Waals surface area contributed by atoms with Crippen LogP contribution in [0.2, 0.25) is 0 Å². The van der Waals surface area contributed by atoms with Gasteiger partial charge in [-0.25, -0.2) is 22.9 Å². The van der Waals surface area contributed by atoms with E-state index in [0.29, 0.717) is 0 Å². The molecule has 0 atom stereocenters. The summed E-state index contributed by atoms with van der Waals surface area (Å²) in [5, 5.41) is 2.17. The molecular formula is C13H14ClN5O5S. The number of para-hydroxylation sites is 1. The molecule has 0 unspecified atom stereocenters. The number of nitrogens with one attached hydrogen (secondary N) is 2. The molecule has 1 aromatic heterocycles. The van der Waals surface area contributed by atoms with Crippen LogP contribution in [0.15, 0.2) is 35.5 Å². The van der Waals surface area contributed by atoms with Crippen LogP contribution in [0.3, 0.4) is 0 Å². The summed E-state index contributed by atoms with van der Waals surface area (Å²) < 4.78 is 36.6. The van der Waals surface area contributed by atoms with Gasteiger partial charge in [0.15, 0.2) is 0 Å². The summed E-state index contributed by atoms with van der Waals surface area (Å²) in [4.78, 5) is 22.8. The number of rotatable bonds is 7. The highest BCUT2D eigenvalue weighted by Gasteiger charge is 2.22. The maximum atomic E-state index is 12.4. The highest BCUT2D eigenvalue weighted by Crippen LogP contribution is 2.23. The molecule has 2 N–H and O–H groups in total. The van der Waals surface area contributed by atoms with Gasteiger partial charge in [-0.2, -0.15) is 9.97 Å². The van der Waals surface area contributed by atoms with Crippen LogP contribution in [0.4, 0.5) is 10.7 Å². The predicted octanol–water partition coefficient (Wildman–Crippen LogP) is 1.01. The van der Waals surface area contributed by atoms with E-state index >= 15 is 0 Å². The van der Waals surface area contributed by atoms with E-state index in [-0.39, 0.29) is 35.1 Å². The maximum Gasteiger partial charge on any atom is 0.335 e. The first-order chi connectivity index (χ1) is 12.0. The van der Waals surface area contributed by atoms with E-state index < -0.39 is 16.1 Å². The Morgan fingerprint density at radius 3 is 2.76 bits per heavy atom.